The van der Waals surface area contributed by atoms with Crippen molar-refractivity contribution in [3.8, 4) is 11.6 Å². The van der Waals surface area contributed by atoms with Gasteiger partial charge in [0.1, 0.15) is 5.75 Å². The van der Waals surface area contributed by atoms with Crippen LogP contribution in [0.1, 0.15) is 37.3 Å². The van der Waals surface area contributed by atoms with Crippen LogP contribution < -0.4 is 10.5 Å². The number of hydrogen-bond acceptors (Lipinski definition) is 3. The van der Waals surface area contributed by atoms with Crippen LogP contribution in [0.5, 0.6) is 11.6 Å². The minimum atomic E-state index is -0.492. The van der Waals surface area contributed by atoms with Crippen molar-refractivity contribution >= 4 is 0 Å². The molecule has 2 N–H and O–H groups in total. The number of para-hydroxylation sites is 1. The fourth-order valence-electron chi connectivity index (χ4n) is 2.00. The number of aromatic nitrogens is 1. The van der Waals surface area contributed by atoms with Crippen LogP contribution in [0.2, 0.25) is 0 Å². The summed E-state index contributed by atoms with van der Waals surface area (Å²) in [6.07, 6.45) is 2.49. The molecule has 1 heterocycles. The molecule has 0 amide bonds. The molecule has 0 bridgehead atoms. The third kappa shape index (κ3) is 2.96. The lowest BCUT2D eigenvalue weighted by Crippen LogP contribution is -2.04. The number of rotatable bonds is 5. The van der Waals surface area contributed by atoms with Gasteiger partial charge >= 0.3 is 0 Å². The van der Waals surface area contributed by atoms with Crippen molar-refractivity contribution in [3.05, 3.63) is 53.5 Å². The molecule has 0 radical (unpaired) electrons. The van der Waals surface area contributed by atoms with Gasteiger partial charge in [0, 0.05) is 18.3 Å². The third-order valence-electron chi connectivity index (χ3n) is 3.43. The molecule has 1 aromatic carbocycles. The number of ether oxygens (including phenoxy) is 1. The normalized spacial score (nSPS) is 12.2. The highest BCUT2D eigenvalue weighted by molar-refractivity contribution is 5.39. The smallest absolute Gasteiger partial charge is 0.256 e. The van der Waals surface area contributed by atoms with E-state index in [0.29, 0.717) is 17.2 Å². The minimum Gasteiger partial charge on any atom is -0.436 e. The number of nitrogens with two attached hydrogens (primary N) is 1. The summed E-state index contributed by atoms with van der Waals surface area (Å²) in [5, 5.41) is 0. The van der Waals surface area contributed by atoms with Gasteiger partial charge in [0.15, 0.2) is 5.82 Å². The van der Waals surface area contributed by atoms with E-state index < -0.39 is 5.82 Å². The first-order valence-corrected chi connectivity index (χ1v) is 6.77. The Morgan fingerprint density at radius 1 is 1.30 bits per heavy atom. The van der Waals surface area contributed by atoms with Crippen LogP contribution in [0.25, 0.3) is 0 Å². The van der Waals surface area contributed by atoms with Gasteiger partial charge < -0.3 is 10.5 Å². The quantitative estimate of drug-likeness (QED) is 0.897. The Hall–Kier alpha value is -1.94. The molecule has 0 fully saturated rings. The number of hydrogen-bond donors (Lipinski definition) is 1. The zero-order valence-corrected chi connectivity index (χ0v) is 11.8. The average molecular weight is 274 g/mol. The Bertz CT molecular complexity index is 586. The second-order valence-corrected chi connectivity index (χ2v) is 4.74. The van der Waals surface area contributed by atoms with Gasteiger partial charge in [-0.25, -0.2) is 9.37 Å². The van der Waals surface area contributed by atoms with Gasteiger partial charge in [0.05, 0.1) is 0 Å². The predicted molar refractivity (Wildman–Crippen MR) is 77.3 cm³/mol. The average Bonchev–Trinajstić information content (AvgIpc) is 2.49. The molecule has 0 aliphatic carbocycles. The summed E-state index contributed by atoms with van der Waals surface area (Å²) in [5.41, 5.74) is 6.94. The monoisotopic (exact) mass is 274 g/mol. The molecule has 0 saturated carbocycles. The van der Waals surface area contributed by atoms with E-state index in [2.05, 4.69) is 18.8 Å². The van der Waals surface area contributed by atoms with Gasteiger partial charge in [-0.1, -0.05) is 32.0 Å². The van der Waals surface area contributed by atoms with E-state index >= 15 is 0 Å². The number of benzene rings is 1. The molecule has 1 unspecified atom stereocenters. The summed E-state index contributed by atoms with van der Waals surface area (Å²) in [6, 6.07) is 9.20. The highest BCUT2D eigenvalue weighted by Gasteiger charge is 2.14. The Kier molecular flexibility index (Phi) is 4.69. The lowest BCUT2D eigenvalue weighted by atomic mass is 9.98. The second-order valence-electron chi connectivity index (χ2n) is 4.74. The first kappa shape index (κ1) is 14.5. The van der Waals surface area contributed by atoms with Crippen LogP contribution in [-0.2, 0) is 6.54 Å². The van der Waals surface area contributed by atoms with Crippen LogP contribution in [0, 0.1) is 5.82 Å². The zero-order chi connectivity index (χ0) is 14.5. The van der Waals surface area contributed by atoms with Crippen LogP contribution in [-0.4, -0.2) is 4.98 Å². The maximum Gasteiger partial charge on any atom is 0.256 e. The van der Waals surface area contributed by atoms with Crippen molar-refractivity contribution in [3.63, 3.8) is 0 Å². The number of pyridine rings is 1. The second kappa shape index (κ2) is 6.48. The number of halogens is 1. The van der Waals surface area contributed by atoms with Crippen LogP contribution in [0.4, 0.5) is 4.39 Å². The molecule has 0 aliphatic heterocycles. The van der Waals surface area contributed by atoms with Crippen molar-refractivity contribution in [1.82, 2.24) is 4.98 Å². The molecule has 0 spiro atoms. The fraction of sp³-hybridized carbons (Fsp3) is 0.312. The van der Waals surface area contributed by atoms with Crippen LogP contribution in [0.15, 0.2) is 36.5 Å². The Morgan fingerprint density at radius 3 is 2.75 bits per heavy atom. The minimum absolute atomic E-state index is 0.0243. The van der Waals surface area contributed by atoms with E-state index in [0.717, 1.165) is 12.0 Å². The third-order valence-corrected chi connectivity index (χ3v) is 3.43. The van der Waals surface area contributed by atoms with Gasteiger partial charge in [-0.2, -0.15) is 0 Å². The first-order chi connectivity index (χ1) is 9.67. The summed E-state index contributed by atoms with van der Waals surface area (Å²) < 4.78 is 19.8. The fourth-order valence-corrected chi connectivity index (χ4v) is 2.00. The van der Waals surface area contributed by atoms with Crippen molar-refractivity contribution in [2.45, 2.75) is 32.7 Å². The first-order valence-electron chi connectivity index (χ1n) is 6.77. The maximum absolute atomic E-state index is 14.1. The van der Waals surface area contributed by atoms with Gasteiger partial charge in [-0.3, -0.25) is 0 Å². The summed E-state index contributed by atoms with van der Waals surface area (Å²) in [4.78, 5) is 3.96. The van der Waals surface area contributed by atoms with Crippen LogP contribution in [0.3, 0.4) is 0 Å². The number of nitrogens with zero attached hydrogens (tertiary/aromatic N) is 1. The molecular formula is C16H19FN2O. The summed E-state index contributed by atoms with van der Waals surface area (Å²) in [5.74, 6) is 0.465. The van der Waals surface area contributed by atoms with Crippen molar-refractivity contribution < 1.29 is 9.13 Å². The maximum atomic E-state index is 14.1. The van der Waals surface area contributed by atoms with Crippen molar-refractivity contribution in [2.24, 2.45) is 5.73 Å². The summed E-state index contributed by atoms with van der Waals surface area (Å²) in [7, 11) is 0. The van der Waals surface area contributed by atoms with Crippen LogP contribution >= 0.6 is 0 Å². The van der Waals surface area contributed by atoms with Gasteiger partial charge in [-0.05, 0) is 30.0 Å². The van der Waals surface area contributed by atoms with Gasteiger partial charge in [0.25, 0.3) is 5.88 Å². The molecule has 1 aromatic heterocycles. The molecule has 0 saturated heterocycles. The highest BCUT2D eigenvalue weighted by atomic mass is 19.1. The highest BCUT2D eigenvalue weighted by Crippen LogP contribution is 2.32. The lowest BCUT2D eigenvalue weighted by molar-refractivity contribution is 0.412. The zero-order valence-electron chi connectivity index (χ0n) is 11.8. The van der Waals surface area contributed by atoms with Crippen molar-refractivity contribution in [2.75, 3.05) is 0 Å². The molecule has 2 aromatic rings. The Morgan fingerprint density at radius 2 is 2.05 bits per heavy atom. The Balaban J connectivity index is 2.35. The standard InChI is InChI=1S/C16H19FN2O/c1-3-11(2)13-6-4-5-7-14(13)20-16-15(17)12(10-18)8-9-19-16/h4-9,11H,3,10,18H2,1-2H3. The molecule has 20 heavy (non-hydrogen) atoms. The molecule has 0 aliphatic rings. The topological polar surface area (TPSA) is 48.1 Å². The van der Waals surface area contributed by atoms with Crippen molar-refractivity contribution in [1.29, 1.82) is 0 Å². The molecular weight excluding hydrogens is 255 g/mol. The van der Waals surface area contributed by atoms with Gasteiger partial charge in [-0.15, -0.1) is 0 Å². The van der Waals surface area contributed by atoms with E-state index in [1.807, 2.05) is 24.3 Å². The van der Waals surface area contributed by atoms with E-state index in [9.17, 15) is 4.39 Å². The molecule has 3 nitrogen and oxygen atoms in total. The SMILES string of the molecule is CCC(C)c1ccccc1Oc1nccc(CN)c1F. The predicted octanol–water partition coefficient (Wildman–Crippen LogP) is 3.99. The van der Waals surface area contributed by atoms with E-state index in [1.165, 1.54) is 6.20 Å². The van der Waals surface area contributed by atoms with E-state index in [-0.39, 0.29) is 12.4 Å². The van der Waals surface area contributed by atoms with E-state index in [1.54, 1.807) is 6.07 Å². The summed E-state index contributed by atoms with van der Waals surface area (Å²) >= 11 is 0. The largest absolute Gasteiger partial charge is 0.436 e. The summed E-state index contributed by atoms with van der Waals surface area (Å²) in [6.45, 7) is 4.34. The lowest BCUT2D eigenvalue weighted by Gasteiger charge is -2.15. The molecule has 4 heteroatoms. The molecule has 2 rings (SSSR count). The van der Waals surface area contributed by atoms with Gasteiger partial charge in [0.2, 0.25) is 0 Å². The molecule has 106 valence electrons. The Labute approximate surface area is 118 Å². The van der Waals surface area contributed by atoms with E-state index in [4.69, 9.17) is 10.5 Å². The molecule has 1 atom stereocenters.